The first-order valence-electron chi connectivity index (χ1n) is 14.9. The van der Waals surface area contributed by atoms with Gasteiger partial charge in [0.1, 0.15) is 0 Å². The van der Waals surface area contributed by atoms with Gasteiger partial charge in [-0.05, 0) is 85.0 Å². The number of carbonyl (C=O) groups excluding carboxylic acids is 1. The lowest BCUT2D eigenvalue weighted by molar-refractivity contribution is 0.0690. The minimum absolute atomic E-state index is 0.0290. The van der Waals surface area contributed by atoms with Gasteiger partial charge in [0, 0.05) is 31.0 Å². The van der Waals surface area contributed by atoms with Crippen molar-refractivity contribution in [2.45, 2.75) is 26.3 Å². The van der Waals surface area contributed by atoms with Gasteiger partial charge in [-0.2, -0.15) is 0 Å². The molecule has 1 aromatic heterocycles. The molecule has 46 heavy (non-hydrogen) atoms. The predicted octanol–water partition coefficient (Wildman–Crippen LogP) is 5.78. The van der Waals surface area contributed by atoms with E-state index in [1.54, 1.807) is 38.5 Å². The molecule has 0 bridgehead atoms. The van der Waals surface area contributed by atoms with Gasteiger partial charge in [-0.25, -0.2) is 9.78 Å². The van der Waals surface area contributed by atoms with Gasteiger partial charge in [0.2, 0.25) is 0 Å². The van der Waals surface area contributed by atoms with E-state index < -0.39 is 5.97 Å². The average molecular weight is 620 g/mol. The van der Waals surface area contributed by atoms with Crippen LogP contribution in [0.5, 0.6) is 11.5 Å². The van der Waals surface area contributed by atoms with Crippen molar-refractivity contribution < 1.29 is 24.2 Å². The Morgan fingerprint density at radius 2 is 1.63 bits per heavy atom. The number of nitrogens with two attached hydrogens (primary N) is 1. The minimum Gasteiger partial charge on any atom is -0.493 e. The van der Waals surface area contributed by atoms with Crippen molar-refractivity contribution in [2.75, 3.05) is 38.4 Å². The summed E-state index contributed by atoms with van der Waals surface area (Å²) in [6.07, 6.45) is 3.20. The molecular formula is C36H37N5O5. The van der Waals surface area contributed by atoms with Crippen LogP contribution in [0, 0.1) is 6.92 Å². The second-order valence-electron chi connectivity index (χ2n) is 11.0. The number of carboxylic acid groups (broad SMARTS) is 1. The number of carboxylic acids is 1. The fraction of sp³-hybridized carbons (Fsp3) is 0.222. The number of aryl methyl sites for hydroxylation is 1. The highest BCUT2D eigenvalue weighted by Crippen LogP contribution is 2.33. The van der Waals surface area contributed by atoms with Crippen LogP contribution in [-0.4, -0.2) is 59.2 Å². The summed E-state index contributed by atoms with van der Waals surface area (Å²) < 4.78 is 10.9. The molecule has 6 rings (SSSR count). The predicted molar refractivity (Wildman–Crippen MR) is 179 cm³/mol. The minimum atomic E-state index is -1.06. The summed E-state index contributed by atoms with van der Waals surface area (Å²) in [7, 11) is 3.35. The third-order valence-electron chi connectivity index (χ3n) is 7.85. The van der Waals surface area contributed by atoms with Gasteiger partial charge in [-0.1, -0.05) is 35.9 Å². The van der Waals surface area contributed by atoms with E-state index in [0.29, 0.717) is 22.3 Å². The van der Waals surface area contributed by atoms with Crippen molar-refractivity contribution in [3.05, 3.63) is 119 Å². The Balaban J connectivity index is 0.000000266. The Hall–Kier alpha value is -5.48. The van der Waals surface area contributed by atoms with Gasteiger partial charge in [0.25, 0.3) is 5.91 Å². The van der Waals surface area contributed by atoms with Crippen LogP contribution >= 0.6 is 0 Å². The van der Waals surface area contributed by atoms with Gasteiger partial charge in [0.15, 0.2) is 17.2 Å². The number of para-hydroxylation sites is 2. The number of methoxy groups -OCH3 is 2. The van der Waals surface area contributed by atoms with Crippen LogP contribution < -0.4 is 20.5 Å². The molecule has 2 heterocycles. The zero-order valence-electron chi connectivity index (χ0n) is 26.1. The first-order valence-corrected chi connectivity index (χ1v) is 14.9. The Kier molecular flexibility index (Phi) is 10.1. The van der Waals surface area contributed by atoms with Gasteiger partial charge >= 0.3 is 5.97 Å². The number of ether oxygens (including phenoxy) is 2. The van der Waals surface area contributed by atoms with Crippen molar-refractivity contribution in [1.82, 2.24) is 14.9 Å². The maximum absolute atomic E-state index is 12.6. The normalized spacial score (nSPS) is 12.4. The fourth-order valence-corrected chi connectivity index (χ4v) is 5.30. The second-order valence-corrected chi connectivity index (χ2v) is 11.0. The molecule has 0 radical (unpaired) electrons. The number of hydrogen-bond donors (Lipinski definition) is 3. The van der Waals surface area contributed by atoms with Gasteiger partial charge in [0.05, 0.1) is 37.0 Å². The monoisotopic (exact) mass is 619 g/mol. The molecule has 5 aromatic rings. The van der Waals surface area contributed by atoms with Crippen molar-refractivity contribution in [1.29, 1.82) is 0 Å². The van der Waals surface area contributed by atoms with E-state index in [1.165, 1.54) is 22.9 Å². The van der Waals surface area contributed by atoms with Crippen molar-refractivity contribution in [3.8, 4) is 11.5 Å². The van der Waals surface area contributed by atoms with Crippen molar-refractivity contribution in [2.24, 2.45) is 0 Å². The third-order valence-corrected chi connectivity index (χ3v) is 7.85. The molecule has 4 aromatic carbocycles. The molecule has 1 aliphatic heterocycles. The lowest BCUT2D eigenvalue weighted by Gasteiger charge is -2.29. The Labute approximate surface area is 267 Å². The lowest BCUT2D eigenvalue weighted by Crippen LogP contribution is -2.32. The lowest BCUT2D eigenvalue weighted by atomic mass is 9.98. The Morgan fingerprint density at radius 3 is 2.33 bits per heavy atom. The van der Waals surface area contributed by atoms with E-state index in [9.17, 15) is 9.59 Å². The quantitative estimate of drug-likeness (QED) is 0.185. The van der Waals surface area contributed by atoms with Crippen molar-refractivity contribution >= 4 is 34.3 Å². The summed E-state index contributed by atoms with van der Waals surface area (Å²) in [6, 6.07) is 24.8. The fourth-order valence-electron chi connectivity index (χ4n) is 5.30. The number of fused-ring (bicyclic) bond motifs is 2. The number of anilines is 2. The Morgan fingerprint density at radius 1 is 0.935 bits per heavy atom. The van der Waals surface area contributed by atoms with Crippen molar-refractivity contribution in [3.63, 3.8) is 0 Å². The third kappa shape index (κ3) is 7.77. The van der Waals surface area contributed by atoms with Gasteiger partial charge < -0.3 is 25.6 Å². The zero-order chi connectivity index (χ0) is 32.6. The number of hydrogen-bond acceptors (Lipinski definition) is 8. The first kappa shape index (κ1) is 31.9. The standard InChI is InChI=1S/C27H31N3O3.C9H6N2O2/c1-18-4-9-24(28)23(14-18)27(31)29-22-7-5-19(6-8-22)10-12-30-13-11-20-15-25(32-2)26(33-3)16-21(20)17-30;12-9(13)8-5-10-6-3-1-2-4-7(6)11-8/h4-9,14-16H,10-13,17,28H2,1-3H3,(H,29,31);1-5H,(H,12,13). The molecule has 0 saturated heterocycles. The molecule has 0 spiro atoms. The van der Waals surface area contributed by atoms with Gasteiger partial charge in [-0.3, -0.25) is 14.7 Å². The number of nitrogens with zero attached hydrogens (tertiary/aromatic N) is 3. The van der Waals surface area contributed by atoms with E-state index in [1.807, 2.05) is 37.3 Å². The maximum Gasteiger partial charge on any atom is 0.356 e. The van der Waals surface area contributed by atoms with Crippen LogP contribution in [0.25, 0.3) is 11.0 Å². The topological polar surface area (TPSA) is 140 Å². The summed E-state index contributed by atoms with van der Waals surface area (Å²) in [5, 5.41) is 11.6. The van der Waals surface area contributed by atoms with E-state index in [2.05, 4.69) is 44.5 Å². The van der Waals surface area contributed by atoms with Crippen LogP contribution in [0.3, 0.4) is 0 Å². The number of nitrogens with one attached hydrogen (secondary N) is 1. The Bertz CT molecular complexity index is 1860. The number of nitrogen functional groups attached to an aromatic ring is 1. The summed E-state index contributed by atoms with van der Waals surface area (Å²) in [6.45, 7) is 4.84. The van der Waals surface area contributed by atoms with Crippen LogP contribution in [-0.2, 0) is 19.4 Å². The summed E-state index contributed by atoms with van der Waals surface area (Å²) in [4.78, 5) is 33.5. The molecule has 0 saturated carbocycles. The highest BCUT2D eigenvalue weighted by molar-refractivity contribution is 6.07. The van der Waals surface area contributed by atoms with Gasteiger partial charge in [-0.15, -0.1) is 0 Å². The van der Waals surface area contributed by atoms with Crippen LogP contribution in [0.4, 0.5) is 11.4 Å². The number of amides is 1. The number of aromatic carboxylic acids is 1. The molecule has 1 aliphatic rings. The molecule has 10 nitrogen and oxygen atoms in total. The van der Waals surface area contributed by atoms with Crippen LogP contribution in [0.15, 0.2) is 85.1 Å². The summed E-state index contributed by atoms with van der Waals surface area (Å²) in [5.74, 6) is 0.325. The number of aromatic nitrogens is 2. The molecule has 236 valence electrons. The number of carbonyl (C=O) groups is 2. The average Bonchev–Trinajstić information content (AvgIpc) is 3.08. The summed E-state index contributed by atoms with van der Waals surface area (Å²) >= 11 is 0. The zero-order valence-corrected chi connectivity index (χ0v) is 26.1. The maximum atomic E-state index is 12.6. The smallest absolute Gasteiger partial charge is 0.356 e. The van der Waals surface area contributed by atoms with E-state index in [4.69, 9.17) is 20.3 Å². The molecule has 0 unspecified atom stereocenters. The van der Waals surface area contributed by atoms with E-state index >= 15 is 0 Å². The molecule has 4 N–H and O–H groups in total. The van der Waals surface area contributed by atoms with Crippen LogP contribution in [0.1, 0.15) is 43.1 Å². The van der Waals surface area contributed by atoms with Crippen LogP contribution in [0.2, 0.25) is 0 Å². The van der Waals surface area contributed by atoms with E-state index in [-0.39, 0.29) is 11.6 Å². The summed E-state index contributed by atoms with van der Waals surface area (Å²) in [5.41, 5.74) is 13.8. The molecule has 0 aliphatic carbocycles. The number of benzene rings is 4. The molecule has 0 atom stereocenters. The second kappa shape index (κ2) is 14.5. The largest absolute Gasteiger partial charge is 0.493 e. The SMILES string of the molecule is COc1cc2c(cc1OC)CN(CCc1ccc(NC(=O)c3cc(C)ccc3N)cc1)CC2.O=C(O)c1cnc2ccccc2n1. The van der Waals surface area contributed by atoms with E-state index in [0.717, 1.165) is 55.2 Å². The highest BCUT2D eigenvalue weighted by Gasteiger charge is 2.19. The molecule has 0 fully saturated rings. The number of rotatable bonds is 8. The molecule has 10 heteroatoms. The first-order chi connectivity index (χ1) is 22.2. The molecular weight excluding hydrogens is 582 g/mol. The molecule has 1 amide bonds. The highest BCUT2D eigenvalue weighted by atomic mass is 16.5.